The highest BCUT2D eigenvalue weighted by molar-refractivity contribution is 6.27. The molecule has 162 valence electrons. The van der Waals surface area contributed by atoms with Gasteiger partial charge >= 0.3 is 0 Å². The summed E-state index contributed by atoms with van der Waals surface area (Å²) in [5, 5.41) is 3.48. The van der Waals surface area contributed by atoms with Gasteiger partial charge in [-0.3, -0.25) is 0 Å². The summed E-state index contributed by atoms with van der Waals surface area (Å²) in [4.78, 5) is 0. The molecule has 8 aromatic rings. The SMILES string of the molecule is [2H]c1cc2c(-c3cccc4oc5c6ccccc6ccc5c34)c3c(c([2H])c([2H])c4c([2H])c([2H])c([2H])c([2H])c43)c([2H])c2c([2H])c1[2H]. The van der Waals surface area contributed by atoms with Gasteiger partial charge in [-0.25, -0.2) is 0 Å². The van der Waals surface area contributed by atoms with Crippen LogP contribution >= 0.6 is 0 Å². The highest BCUT2D eigenvalue weighted by atomic mass is 16.3. The topological polar surface area (TPSA) is 13.1 Å². The first kappa shape index (κ1) is 11.7. The highest BCUT2D eigenvalue weighted by Crippen LogP contribution is 2.45. The minimum atomic E-state index is -0.538. The van der Waals surface area contributed by atoms with E-state index in [0.717, 1.165) is 16.2 Å². The number of furan rings is 1. The van der Waals surface area contributed by atoms with Crippen LogP contribution in [-0.4, -0.2) is 0 Å². The molecule has 0 radical (unpaired) electrons. The third kappa shape index (κ3) is 2.58. The van der Waals surface area contributed by atoms with Crippen molar-refractivity contribution in [3.8, 4) is 11.1 Å². The van der Waals surface area contributed by atoms with Gasteiger partial charge in [0.2, 0.25) is 0 Å². The van der Waals surface area contributed by atoms with Gasteiger partial charge < -0.3 is 4.42 Å². The molecule has 7 aromatic carbocycles. The molecule has 0 unspecified atom stereocenters. The Morgan fingerprint density at radius 3 is 2.37 bits per heavy atom. The molecule has 0 saturated carbocycles. The molecule has 0 bridgehead atoms. The molecule has 0 fully saturated rings. The zero-order valence-electron chi connectivity index (χ0n) is 28.2. The van der Waals surface area contributed by atoms with Crippen LogP contribution in [0.4, 0.5) is 0 Å². The maximum Gasteiger partial charge on any atom is 0.143 e. The second kappa shape index (κ2) is 6.94. The second-order valence-corrected chi connectivity index (χ2v) is 8.52. The summed E-state index contributed by atoms with van der Waals surface area (Å²) in [6.07, 6.45) is 0. The molecule has 0 spiro atoms. The normalized spacial score (nSPS) is 16.0. The Morgan fingerprint density at radius 2 is 1.37 bits per heavy atom. The van der Waals surface area contributed by atoms with E-state index in [1.165, 1.54) is 6.07 Å². The molecule has 0 aliphatic rings. The van der Waals surface area contributed by atoms with Gasteiger partial charge in [0.1, 0.15) is 11.2 Å². The van der Waals surface area contributed by atoms with Crippen molar-refractivity contribution in [1.82, 2.24) is 0 Å². The largest absolute Gasteiger partial charge is 0.455 e. The lowest BCUT2D eigenvalue weighted by Crippen LogP contribution is -1.88. The zero-order valence-corrected chi connectivity index (χ0v) is 18.2. The molecule has 0 N–H and O–H groups in total. The lowest BCUT2D eigenvalue weighted by Gasteiger charge is -2.15. The third-order valence-corrected chi connectivity index (χ3v) is 6.67. The molecule has 1 heterocycles. The smallest absolute Gasteiger partial charge is 0.143 e. The number of hydrogen-bond acceptors (Lipinski definition) is 1. The third-order valence-electron chi connectivity index (χ3n) is 6.67. The first-order valence-electron chi connectivity index (χ1n) is 16.2. The lowest BCUT2D eigenvalue weighted by molar-refractivity contribution is 0.673. The molecule has 1 aromatic heterocycles. The Labute approximate surface area is 215 Å². The van der Waals surface area contributed by atoms with Gasteiger partial charge in [-0.15, -0.1) is 0 Å². The van der Waals surface area contributed by atoms with Crippen molar-refractivity contribution in [2.45, 2.75) is 0 Å². The molecule has 0 amide bonds. The molecule has 0 saturated heterocycles. The molecular weight excluding hydrogens is 424 g/mol. The summed E-state index contributed by atoms with van der Waals surface area (Å²) in [7, 11) is 0. The van der Waals surface area contributed by atoms with Crippen LogP contribution in [-0.2, 0) is 0 Å². The maximum absolute atomic E-state index is 9.21. The van der Waals surface area contributed by atoms with E-state index in [9.17, 15) is 1.37 Å². The van der Waals surface area contributed by atoms with Crippen molar-refractivity contribution < 1.29 is 18.1 Å². The summed E-state index contributed by atoms with van der Waals surface area (Å²) in [5.41, 5.74) is 2.04. The predicted octanol–water partition coefficient (Wildman–Crippen LogP) is 9.87. The maximum atomic E-state index is 9.21. The van der Waals surface area contributed by atoms with Crippen LogP contribution in [0.15, 0.2) is 126 Å². The fraction of sp³-hybridized carbons (Fsp3) is 0. The van der Waals surface area contributed by atoms with Gasteiger partial charge in [0, 0.05) is 16.2 Å². The fourth-order valence-electron chi connectivity index (χ4n) is 5.19. The van der Waals surface area contributed by atoms with E-state index in [0.29, 0.717) is 27.7 Å². The molecule has 35 heavy (non-hydrogen) atoms. The first-order valence-corrected chi connectivity index (χ1v) is 11.2. The number of fused-ring (bicyclic) bond motifs is 9. The van der Waals surface area contributed by atoms with Gasteiger partial charge in [0.05, 0.1) is 13.7 Å². The predicted molar refractivity (Wildman–Crippen MR) is 149 cm³/mol. The van der Waals surface area contributed by atoms with E-state index < -0.39 is 36.3 Å². The van der Waals surface area contributed by atoms with Crippen molar-refractivity contribution >= 4 is 65.0 Å². The van der Waals surface area contributed by atoms with E-state index in [2.05, 4.69) is 0 Å². The summed E-state index contributed by atoms with van der Waals surface area (Å²) in [5.74, 6) is 0. The van der Waals surface area contributed by atoms with Gasteiger partial charge in [-0.1, -0.05) is 103 Å². The second-order valence-electron chi connectivity index (χ2n) is 8.52. The average molecular weight is 455 g/mol. The van der Waals surface area contributed by atoms with E-state index in [1.807, 2.05) is 48.5 Å². The average Bonchev–Trinajstić information content (AvgIpc) is 3.43. The summed E-state index contributed by atoms with van der Waals surface area (Å²) >= 11 is 0. The van der Waals surface area contributed by atoms with Crippen molar-refractivity contribution in [3.05, 3.63) is 121 Å². The Morgan fingerprint density at radius 1 is 0.514 bits per heavy atom. The molecule has 0 atom stereocenters. The lowest BCUT2D eigenvalue weighted by atomic mass is 9.87. The van der Waals surface area contributed by atoms with Crippen LogP contribution < -0.4 is 0 Å². The van der Waals surface area contributed by atoms with Gasteiger partial charge in [0.25, 0.3) is 0 Å². The van der Waals surface area contributed by atoms with Crippen LogP contribution in [0.1, 0.15) is 13.7 Å². The van der Waals surface area contributed by atoms with E-state index in [1.54, 1.807) is 6.07 Å². The number of rotatable bonds is 1. The Bertz CT molecular complexity index is 2660. The summed E-state index contributed by atoms with van der Waals surface area (Å²) in [6, 6.07) is 14.3. The Hall–Kier alpha value is -4.62. The fourth-order valence-corrected chi connectivity index (χ4v) is 5.19. The molecule has 1 nitrogen and oxygen atoms in total. The summed E-state index contributed by atoms with van der Waals surface area (Å²) in [6.45, 7) is 0. The molecule has 1 heteroatoms. The summed E-state index contributed by atoms with van der Waals surface area (Å²) < 4.78 is 93.7. The van der Waals surface area contributed by atoms with Gasteiger partial charge in [-0.05, 0) is 67.0 Å². The van der Waals surface area contributed by atoms with Crippen LogP contribution in [0.5, 0.6) is 0 Å². The van der Waals surface area contributed by atoms with E-state index >= 15 is 0 Å². The van der Waals surface area contributed by atoms with E-state index in [4.69, 9.17) is 16.8 Å². The van der Waals surface area contributed by atoms with Gasteiger partial charge in [-0.2, -0.15) is 0 Å². The highest BCUT2D eigenvalue weighted by Gasteiger charge is 2.19. The van der Waals surface area contributed by atoms with Crippen LogP contribution in [0.2, 0.25) is 0 Å². The van der Waals surface area contributed by atoms with Gasteiger partial charge in [0.15, 0.2) is 0 Å². The van der Waals surface area contributed by atoms with Crippen molar-refractivity contribution in [2.75, 3.05) is 0 Å². The minimum absolute atomic E-state index is 0.0156. The molecule has 8 rings (SSSR count). The van der Waals surface area contributed by atoms with Crippen LogP contribution in [0, 0.1) is 0 Å². The van der Waals surface area contributed by atoms with E-state index in [-0.39, 0.29) is 56.5 Å². The van der Waals surface area contributed by atoms with Crippen molar-refractivity contribution in [3.63, 3.8) is 0 Å². The van der Waals surface area contributed by atoms with Crippen LogP contribution in [0.3, 0.4) is 0 Å². The quantitative estimate of drug-likeness (QED) is 0.178. The van der Waals surface area contributed by atoms with Crippen molar-refractivity contribution in [1.29, 1.82) is 0 Å². The van der Waals surface area contributed by atoms with Crippen LogP contribution in [0.25, 0.3) is 76.2 Å². The first-order chi connectivity index (χ1) is 21.5. The molecule has 0 aliphatic heterocycles. The number of benzene rings is 7. The Balaban J connectivity index is 1.74. The Kier molecular flexibility index (Phi) is 2.32. The monoisotopic (exact) mass is 454 g/mol. The molecular formula is C34H20O. The minimum Gasteiger partial charge on any atom is -0.455 e. The standard InChI is InChI=1S/C34H20O/c1-4-11-25-21(8-1)16-17-24-20-23-10-3-5-12-26(23)33(31(24)25)28-14-7-15-30-32(28)29-19-18-22-9-2-6-13-27(22)34(29)35-30/h1-20H/i1D,3D,4D,5D,8D,10D,11D,16D,17D,20D. The zero-order chi connectivity index (χ0) is 31.6. The number of hydrogen-bond donors (Lipinski definition) is 0. The molecule has 0 aliphatic carbocycles. The van der Waals surface area contributed by atoms with Crippen molar-refractivity contribution in [2.24, 2.45) is 0 Å².